The van der Waals surface area contributed by atoms with Crippen molar-refractivity contribution in [2.75, 3.05) is 18.8 Å². The van der Waals surface area contributed by atoms with E-state index in [1.807, 2.05) is 0 Å². The lowest BCUT2D eigenvalue weighted by Gasteiger charge is -2.22. The number of piperidine rings is 1. The molecule has 0 aromatic heterocycles. The van der Waals surface area contributed by atoms with Crippen LogP contribution >= 0.6 is 11.8 Å². The van der Waals surface area contributed by atoms with Gasteiger partial charge in [0, 0.05) is 5.25 Å². The van der Waals surface area contributed by atoms with E-state index >= 15 is 0 Å². The Bertz CT molecular complexity index is 312. The van der Waals surface area contributed by atoms with Gasteiger partial charge in [0.25, 0.3) is 0 Å². The summed E-state index contributed by atoms with van der Waals surface area (Å²) in [7, 11) is 0. The van der Waals surface area contributed by atoms with Crippen LogP contribution in [0, 0.1) is 0 Å². The molecule has 0 spiro atoms. The first-order valence-electron chi connectivity index (χ1n) is 5.99. The third-order valence-electron chi connectivity index (χ3n) is 3.27. The third kappa shape index (κ3) is 3.35. The molecule has 0 unspecified atom stereocenters. The highest BCUT2D eigenvalue weighted by Crippen LogP contribution is 2.35. The van der Waals surface area contributed by atoms with Gasteiger partial charge in [0.05, 0.1) is 5.75 Å². The van der Waals surface area contributed by atoms with Crippen LogP contribution in [0.15, 0.2) is 0 Å². The van der Waals surface area contributed by atoms with Crippen LogP contribution in [0.5, 0.6) is 0 Å². The Kier molecular flexibility index (Phi) is 3.93. The van der Waals surface area contributed by atoms with Crippen molar-refractivity contribution in [3.63, 3.8) is 0 Å². The van der Waals surface area contributed by atoms with Crippen LogP contribution in [0.25, 0.3) is 0 Å². The van der Waals surface area contributed by atoms with Crippen molar-refractivity contribution in [3.05, 3.63) is 0 Å². The number of hydrogen-bond acceptors (Lipinski definition) is 4. The zero-order valence-electron chi connectivity index (χ0n) is 9.70. The van der Waals surface area contributed by atoms with E-state index in [4.69, 9.17) is 5.11 Å². The summed E-state index contributed by atoms with van der Waals surface area (Å²) >= 11 is 1.64. The second-order valence-electron chi connectivity index (χ2n) is 4.70. The van der Waals surface area contributed by atoms with Crippen molar-refractivity contribution in [3.8, 4) is 0 Å². The third-order valence-corrected chi connectivity index (χ3v) is 4.65. The van der Waals surface area contributed by atoms with Gasteiger partial charge in [0.1, 0.15) is 5.54 Å². The predicted molar refractivity (Wildman–Crippen MR) is 66.1 cm³/mol. The first kappa shape index (κ1) is 12.7. The van der Waals surface area contributed by atoms with E-state index in [2.05, 4.69) is 10.6 Å². The molecule has 3 N–H and O–H groups in total. The highest BCUT2D eigenvalue weighted by atomic mass is 32.2. The van der Waals surface area contributed by atoms with Crippen molar-refractivity contribution in [2.24, 2.45) is 0 Å². The molecule has 1 aliphatic heterocycles. The highest BCUT2D eigenvalue weighted by Gasteiger charge is 2.51. The number of rotatable bonds is 5. The average molecular weight is 258 g/mol. The fourth-order valence-corrected chi connectivity index (χ4v) is 3.00. The summed E-state index contributed by atoms with van der Waals surface area (Å²) < 4.78 is 0. The van der Waals surface area contributed by atoms with E-state index in [1.165, 1.54) is 0 Å². The van der Waals surface area contributed by atoms with Gasteiger partial charge in [-0.05, 0) is 38.8 Å². The molecule has 2 aliphatic rings. The molecule has 1 saturated carbocycles. The van der Waals surface area contributed by atoms with E-state index in [-0.39, 0.29) is 5.91 Å². The lowest BCUT2D eigenvalue weighted by atomic mass is 10.2. The minimum Gasteiger partial charge on any atom is -0.480 e. The summed E-state index contributed by atoms with van der Waals surface area (Å²) in [4.78, 5) is 22.5. The summed E-state index contributed by atoms with van der Waals surface area (Å²) in [6, 6.07) is 0. The minimum atomic E-state index is -0.939. The Balaban J connectivity index is 1.69. The maximum atomic E-state index is 11.6. The van der Waals surface area contributed by atoms with E-state index in [0.717, 1.165) is 25.9 Å². The van der Waals surface area contributed by atoms with Crippen molar-refractivity contribution in [1.29, 1.82) is 0 Å². The molecule has 0 radical (unpaired) electrons. The molecule has 5 nitrogen and oxygen atoms in total. The van der Waals surface area contributed by atoms with Gasteiger partial charge in [-0.25, -0.2) is 4.79 Å². The van der Waals surface area contributed by atoms with Crippen LogP contribution in [-0.4, -0.2) is 46.6 Å². The Labute approximate surface area is 105 Å². The lowest BCUT2D eigenvalue weighted by molar-refractivity contribution is -0.142. The fourth-order valence-electron chi connectivity index (χ4n) is 1.98. The molecule has 2 fully saturated rings. The molecule has 1 aliphatic carbocycles. The second kappa shape index (κ2) is 5.27. The molecule has 1 heterocycles. The van der Waals surface area contributed by atoms with Crippen LogP contribution in [0.4, 0.5) is 0 Å². The minimum absolute atomic E-state index is 0.145. The van der Waals surface area contributed by atoms with Gasteiger partial charge in [-0.3, -0.25) is 4.79 Å². The van der Waals surface area contributed by atoms with Gasteiger partial charge in [0.15, 0.2) is 0 Å². The molecule has 6 heteroatoms. The smallest absolute Gasteiger partial charge is 0.329 e. The number of nitrogens with one attached hydrogen (secondary N) is 2. The van der Waals surface area contributed by atoms with Gasteiger partial charge in [-0.1, -0.05) is 0 Å². The standard InChI is InChI=1S/C11H18N2O3S/c14-9(13-11(3-4-11)10(15)16)7-17-8-1-5-12-6-2-8/h8,12H,1-7H2,(H,13,14)(H,15,16). The topological polar surface area (TPSA) is 78.4 Å². The molecule has 1 saturated heterocycles. The average Bonchev–Trinajstić information content (AvgIpc) is 3.09. The van der Waals surface area contributed by atoms with E-state index in [9.17, 15) is 9.59 Å². The molecule has 17 heavy (non-hydrogen) atoms. The second-order valence-corrected chi connectivity index (χ2v) is 5.98. The van der Waals surface area contributed by atoms with Crippen molar-refractivity contribution < 1.29 is 14.7 Å². The Morgan fingerprint density at radius 2 is 2.00 bits per heavy atom. The van der Waals surface area contributed by atoms with Crippen LogP contribution in [0.2, 0.25) is 0 Å². The molecular formula is C11H18N2O3S. The molecule has 2 rings (SSSR count). The summed E-state index contributed by atoms with van der Waals surface area (Å²) in [6.45, 7) is 2.02. The van der Waals surface area contributed by atoms with Gasteiger partial charge >= 0.3 is 5.97 Å². The van der Waals surface area contributed by atoms with Crippen LogP contribution in [0.3, 0.4) is 0 Å². The number of amides is 1. The number of thioether (sulfide) groups is 1. The molecule has 0 atom stereocenters. The van der Waals surface area contributed by atoms with Crippen LogP contribution in [-0.2, 0) is 9.59 Å². The number of carbonyl (C=O) groups excluding carboxylic acids is 1. The molecule has 0 aromatic rings. The number of aliphatic carboxylic acids is 1. The highest BCUT2D eigenvalue weighted by molar-refractivity contribution is 8.00. The number of carboxylic acid groups (broad SMARTS) is 1. The molecular weight excluding hydrogens is 240 g/mol. The number of hydrogen-bond donors (Lipinski definition) is 3. The quantitative estimate of drug-likeness (QED) is 0.657. The molecule has 0 aromatic carbocycles. The molecule has 1 amide bonds. The maximum Gasteiger partial charge on any atom is 0.329 e. The van der Waals surface area contributed by atoms with Crippen LogP contribution < -0.4 is 10.6 Å². The zero-order valence-corrected chi connectivity index (χ0v) is 10.5. The molecule has 0 bridgehead atoms. The normalized spacial score (nSPS) is 23.1. The SMILES string of the molecule is O=C(CSC1CCNCC1)NC1(C(=O)O)CC1. The zero-order chi connectivity index (χ0) is 12.3. The van der Waals surface area contributed by atoms with E-state index < -0.39 is 11.5 Å². The summed E-state index contributed by atoms with van der Waals surface area (Å²) in [6.07, 6.45) is 3.29. The Morgan fingerprint density at radius 3 is 2.53 bits per heavy atom. The number of carboxylic acids is 1. The van der Waals surface area contributed by atoms with E-state index in [1.54, 1.807) is 11.8 Å². The summed E-state index contributed by atoms with van der Waals surface area (Å²) in [5.74, 6) is -0.675. The van der Waals surface area contributed by atoms with Gasteiger partial charge in [-0.15, -0.1) is 11.8 Å². The van der Waals surface area contributed by atoms with Gasteiger partial charge < -0.3 is 15.7 Å². The monoisotopic (exact) mass is 258 g/mol. The van der Waals surface area contributed by atoms with E-state index in [0.29, 0.717) is 23.8 Å². The maximum absolute atomic E-state index is 11.6. The lowest BCUT2D eigenvalue weighted by Crippen LogP contribution is -2.44. The van der Waals surface area contributed by atoms with Crippen molar-refractivity contribution in [2.45, 2.75) is 36.5 Å². The Morgan fingerprint density at radius 1 is 1.35 bits per heavy atom. The summed E-state index contributed by atoms with van der Waals surface area (Å²) in [5, 5.41) is 15.4. The van der Waals surface area contributed by atoms with Crippen molar-refractivity contribution >= 4 is 23.6 Å². The van der Waals surface area contributed by atoms with Crippen molar-refractivity contribution in [1.82, 2.24) is 10.6 Å². The largest absolute Gasteiger partial charge is 0.480 e. The first-order valence-corrected chi connectivity index (χ1v) is 7.04. The van der Waals surface area contributed by atoms with Crippen LogP contribution in [0.1, 0.15) is 25.7 Å². The summed E-state index contributed by atoms with van der Waals surface area (Å²) in [5.41, 5.74) is -0.939. The fraction of sp³-hybridized carbons (Fsp3) is 0.818. The van der Waals surface area contributed by atoms with Gasteiger partial charge in [0.2, 0.25) is 5.91 Å². The first-order chi connectivity index (χ1) is 8.12. The Hall–Kier alpha value is -0.750. The molecule has 96 valence electrons. The number of carbonyl (C=O) groups is 2. The van der Waals surface area contributed by atoms with Gasteiger partial charge in [-0.2, -0.15) is 0 Å². The predicted octanol–water partition coefficient (Wildman–Crippen LogP) is 0.205.